The lowest BCUT2D eigenvalue weighted by atomic mass is 10.1. The number of hydrogen-bond donors (Lipinski definition) is 1. The zero-order valence-corrected chi connectivity index (χ0v) is 21.1. The third kappa shape index (κ3) is 8.15. The van der Waals surface area contributed by atoms with E-state index in [9.17, 15) is 4.79 Å². The number of unbranched alkanes of at least 4 members (excludes halogenated alkanes) is 2. The highest BCUT2D eigenvalue weighted by molar-refractivity contribution is 14.0. The Morgan fingerprint density at radius 2 is 1.70 bits per heavy atom. The Hall–Kier alpha value is -0.610. The fourth-order valence-corrected chi connectivity index (χ4v) is 4.53. The molecule has 1 atom stereocenters. The van der Waals surface area contributed by atoms with Crippen LogP contribution in [-0.2, 0) is 9.53 Å². The van der Waals surface area contributed by atoms with E-state index >= 15 is 0 Å². The van der Waals surface area contributed by atoms with Crippen molar-refractivity contribution in [1.29, 1.82) is 0 Å². The molecule has 3 aliphatic heterocycles. The van der Waals surface area contributed by atoms with Crippen LogP contribution in [0.3, 0.4) is 0 Å². The van der Waals surface area contributed by atoms with Crippen molar-refractivity contribution in [3.05, 3.63) is 0 Å². The summed E-state index contributed by atoms with van der Waals surface area (Å²) in [6, 6.07) is 0. The van der Waals surface area contributed by atoms with Crippen molar-refractivity contribution in [1.82, 2.24) is 20.0 Å². The molecule has 174 valence electrons. The summed E-state index contributed by atoms with van der Waals surface area (Å²) in [5.41, 5.74) is 0. The quantitative estimate of drug-likeness (QED) is 0.224. The van der Waals surface area contributed by atoms with Crippen molar-refractivity contribution in [3.8, 4) is 0 Å². The number of halogens is 1. The fourth-order valence-electron chi connectivity index (χ4n) is 4.53. The molecule has 0 saturated carbocycles. The highest BCUT2D eigenvalue weighted by Gasteiger charge is 2.30. The van der Waals surface area contributed by atoms with Crippen LogP contribution < -0.4 is 5.32 Å². The number of amides is 1. The van der Waals surface area contributed by atoms with Gasteiger partial charge in [0.2, 0.25) is 0 Å². The summed E-state index contributed by atoms with van der Waals surface area (Å²) in [5, 5.41) is 3.43. The standard InChI is InChI=1S/C22H41N5O2.HI/c1-2-23-22(24-11-5-3-6-12-25-13-7-4-8-14-25)27-17-15-26(16-18-27)21(28)20-10-9-19-29-20;/h20H,2-19H2,1H3,(H,23,24);1H. The van der Waals surface area contributed by atoms with Gasteiger partial charge < -0.3 is 24.8 Å². The molecule has 3 rings (SSSR count). The molecule has 7 nitrogen and oxygen atoms in total. The van der Waals surface area contributed by atoms with E-state index in [1.54, 1.807) is 0 Å². The number of rotatable bonds is 8. The number of guanidine groups is 1. The minimum atomic E-state index is -0.201. The van der Waals surface area contributed by atoms with Gasteiger partial charge in [-0.25, -0.2) is 0 Å². The van der Waals surface area contributed by atoms with Gasteiger partial charge in [0, 0.05) is 45.9 Å². The molecule has 3 saturated heterocycles. The number of ether oxygens (including phenoxy) is 1. The first-order chi connectivity index (χ1) is 14.3. The van der Waals surface area contributed by atoms with Crippen molar-refractivity contribution < 1.29 is 9.53 Å². The molecule has 3 heterocycles. The molecule has 0 aromatic rings. The number of carbonyl (C=O) groups is 1. The first-order valence-electron chi connectivity index (χ1n) is 11.9. The van der Waals surface area contributed by atoms with E-state index < -0.39 is 0 Å². The largest absolute Gasteiger partial charge is 0.368 e. The van der Waals surface area contributed by atoms with Crippen LogP contribution in [0.5, 0.6) is 0 Å². The predicted molar refractivity (Wildman–Crippen MR) is 133 cm³/mol. The Balaban J connectivity index is 0.00000320. The predicted octanol–water partition coefficient (Wildman–Crippen LogP) is 2.55. The number of carbonyl (C=O) groups excluding carboxylic acids is 1. The summed E-state index contributed by atoms with van der Waals surface area (Å²) in [6.07, 6.45) is 9.54. The molecule has 0 aromatic heterocycles. The van der Waals surface area contributed by atoms with Gasteiger partial charge in [0.05, 0.1) is 0 Å². The number of nitrogens with one attached hydrogen (secondary N) is 1. The van der Waals surface area contributed by atoms with Crippen LogP contribution in [0.1, 0.15) is 58.3 Å². The lowest BCUT2D eigenvalue weighted by Crippen LogP contribution is -2.55. The lowest BCUT2D eigenvalue weighted by molar-refractivity contribution is -0.142. The minimum Gasteiger partial charge on any atom is -0.368 e. The normalized spacial score (nSPS) is 23.4. The van der Waals surface area contributed by atoms with Gasteiger partial charge >= 0.3 is 0 Å². The van der Waals surface area contributed by atoms with E-state index in [4.69, 9.17) is 9.73 Å². The number of piperidine rings is 1. The van der Waals surface area contributed by atoms with Crippen LogP contribution in [0.2, 0.25) is 0 Å². The summed E-state index contributed by atoms with van der Waals surface area (Å²) < 4.78 is 5.56. The van der Waals surface area contributed by atoms with Gasteiger partial charge in [-0.3, -0.25) is 9.79 Å². The van der Waals surface area contributed by atoms with Crippen molar-refractivity contribution in [2.75, 3.05) is 65.5 Å². The number of hydrogen-bond acceptors (Lipinski definition) is 4. The first-order valence-corrected chi connectivity index (χ1v) is 11.9. The average molecular weight is 536 g/mol. The van der Waals surface area contributed by atoms with E-state index in [1.807, 2.05) is 4.90 Å². The summed E-state index contributed by atoms with van der Waals surface area (Å²) in [5.74, 6) is 1.19. The van der Waals surface area contributed by atoms with Gasteiger partial charge in [0.15, 0.2) is 5.96 Å². The van der Waals surface area contributed by atoms with Crippen molar-refractivity contribution in [2.24, 2.45) is 4.99 Å². The summed E-state index contributed by atoms with van der Waals surface area (Å²) in [7, 11) is 0. The number of aliphatic imine (C=N–C) groups is 1. The Bertz CT molecular complexity index is 514. The molecular weight excluding hydrogens is 493 g/mol. The van der Waals surface area contributed by atoms with Crippen molar-refractivity contribution in [2.45, 2.75) is 64.4 Å². The third-order valence-corrected chi connectivity index (χ3v) is 6.27. The first kappa shape index (κ1) is 25.6. The third-order valence-electron chi connectivity index (χ3n) is 6.27. The molecule has 0 aromatic carbocycles. The SMILES string of the molecule is CCNC(=NCCCCCN1CCCCC1)N1CCN(C(=O)C2CCCO2)CC1.I. The Labute approximate surface area is 200 Å². The molecule has 0 bridgehead atoms. The zero-order valence-electron chi connectivity index (χ0n) is 18.8. The van der Waals surface area contributed by atoms with Gasteiger partial charge in [0.1, 0.15) is 6.10 Å². The second-order valence-electron chi connectivity index (χ2n) is 8.51. The molecule has 8 heteroatoms. The van der Waals surface area contributed by atoms with Crippen LogP contribution in [0, 0.1) is 0 Å². The van der Waals surface area contributed by atoms with Gasteiger partial charge in [-0.2, -0.15) is 0 Å². The fraction of sp³-hybridized carbons (Fsp3) is 0.909. The molecule has 1 amide bonds. The van der Waals surface area contributed by atoms with Gasteiger partial charge in [-0.05, 0) is 65.1 Å². The highest BCUT2D eigenvalue weighted by atomic mass is 127. The molecule has 0 radical (unpaired) electrons. The van der Waals surface area contributed by atoms with E-state index in [-0.39, 0.29) is 36.0 Å². The van der Waals surface area contributed by atoms with Crippen LogP contribution in [0.15, 0.2) is 4.99 Å². The monoisotopic (exact) mass is 535 g/mol. The van der Waals surface area contributed by atoms with Crippen molar-refractivity contribution >= 4 is 35.8 Å². The Kier molecular flexibility index (Phi) is 12.4. The number of nitrogens with zero attached hydrogens (tertiary/aromatic N) is 4. The number of piperazine rings is 1. The summed E-state index contributed by atoms with van der Waals surface area (Å²) in [6.45, 7) is 11.7. The smallest absolute Gasteiger partial charge is 0.251 e. The van der Waals surface area contributed by atoms with Crippen LogP contribution in [-0.4, -0.2) is 98.2 Å². The maximum absolute atomic E-state index is 12.5. The number of likely N-dealkylation sites (tertiary alicyclic amines) is 1. The molecule has 1 unspecified atom stereocenters. The summed E-state index contributed by atoms with van der Waals surface area (Å²) >= 11 is 0. The second kappa shape index (κ2) is 14.5. The molecule has 3 fully saturated rings. The van der Waals surface area contributed by atoms with E-state index in [2.05, 4.69) is 22.0 Å². The van der Waals surface area contributed by atoms with E-state index in [1.165, 1.54) is 51.7 Å². The van der Waals surface area contributed by atoms with E-state index in [0.717, 1.165) is 71.1 Å². The van der Waals surface area contributed by atoms with E-state index in [0.29, 0.717) is 0 Å². The highest BCUT2D eigenvalue weighted by Crippen LogP contribution is 2.16. The molecule has 3 aliphatic rings. The molecular formula is C22H42IN5O2. The molecule has 0 spiro atoms. The Morgan fingerprint density at radius 1 is 0.967 bits per heavy atom. The maximum Gasteiger partial charge on any atom is 0.251 e. The van der Waals surface area contributed by atoms with Gasteiger partial charge in [-0.15, -0.1) is 24.0 Å². The molecule has 0 aliphatic carbocycles. The minimum absolute atomic E-state index is 0. The van der Waals surface area contributed by atoms with Gasteiger partial charge in [-0.1, -0.05) is 12.8 Å². The summed E-state index contributed by atoms with van der Waals surface area (Å²) in [4.78, 5) is 24.3. The van der Waals surface area contributed by atoms with Crippen LogP contribution >= 0.6 is 24.0 Å². The topological polar surface area (TPSA) is 60.4 Å². The van der Waals surface area contributed by atoms with Crippen molar-refractivity contribution in [3.63, 3.8) is 0 Å². The molecule has 30 heavy (non-hydrogen) atoms. The maximum atomic E-state index is 12.5. The second-order valence-corrected chi connectivity index (χ2v) is 8.51. The van der Waals surface area contributed by atoms with Gasteiger partial charge in [0.25, 0.3) is 5.91 Å². The van der Waals surface area contributed by atoms with Crippen LogP contribution in [0.25, 0.3) is 0 Å². The Morgan fingerprint density at radius 3 is 2.37 bits per heavy atom. The zero-order chi connectivity index (χ0) is 20.3. The lowest BCUT2D eigenvalue weighted by Gasteiger charge is -2.37. The molecule has 1 N–H and O–H groups in total. The van der Waals surface area contributed by atoms with Crippen LogP contribution in [0.4, 0.5) is 0 Å². The average Bonchev–Trinajstić information content (AvgIpc) is 3.31.